The normalized spacial score (nSPS) is 9.60. The number of carbonyl (C=O) groups is 1. The second-order valence-corrected chi connectivity index (χ2v) is 4.86. The number of aromatic nitrogens is 2. The van der Waals surface area contributed by atoms with Crippen molar-refractivity contribution in [3.05, 3.63) is 41.3 Å². The number of carbonyl (C=O) groups excluding carboxylic acids is 1. The first-order valence-electron chi connectivity index (χ1n) is 7.49. The van der Waals surface area contributed by atoms with Gasteiger partial charge >= 0.3 is 6.09 Å². The third-order valence-corrected chi connectivity index (χ3v) is 3.08. The maximum Gasteiger partial charge on any atom is 0.412 e. The van der Waals surface area contributed by atoms with Gasteiger partial charge in [-0.1, -0.05) is 13.3 Å². The SMILES string of the molecule is CCCc1nc(C#N)c(C#N)nc1Oc1ccc(OC(=O)NC)cc1. The van der Waals surface area contributed by atoms with Gasteiger partial charge in [-0.05, 0) is 30.7 Å². The minimum atomic E-state index is -0.574. The van der Waals surface area contributed by atoms with E-state index in [0.717, 1.165) is 6.42 Å². The summed E-state index contributed by atoms with van der Waals surface area (Å²) in [6, 6.07) is 10.0. The molecule has 0 saturated carbocycles. The molecule has 126 valence electrons. The first-order valence-corrected chi connectivity index (χ1v) is 7.49. The van der Waals surface area contributed by atoms with Gasteiger partial charge in [0, 0.05) is 7.05 Å². The molecule has 0 radical (unpaired) electrons. The molecule has 0 atom stereocenters. The molecule has 1 amide bonds. The highest BCUT2D eigenvalue weighted by Crippen LogP contribution is 2.26. The Bertz CT molecular complexity index is 850. The molecule has 1 aromatic carbocycles. The van der Waals surface area contributed by atoms with Crippen LogP contribution in [-0.4, -0.2) is 23.1 Å². The van der Waals surface area contributed by atoms with E-state index in [1.54, 1.807) is 24.3 Å². The van der Waals surface area contributed by atoms with Gasteiger partial charge in [0.1, 0.15) is 29.3 Å². The summed E-state index contributed by atoms with van der Waals surface area (Å²) in [6.07, 6.45) is 0.761. The zero-order chi connectivity index (χ0) is 18.2. The Morgan fingerprint density at radius 2 is 1.72 bits per heavy atom. The highest BCUT2D eigenvalue weighted by atomic mass is 16.6. The van der Waals surface area contributed by atoms with Crippen LogP contribution in [0.15, 0.2) is 24.3 Å². The van der Waals surface area contributed by atoms with E-state index in [1.807, 2.05) is 19.1 Å². The van der Waals surface area contributed by atoms with Crippen molar-refractivity contribution in [1.29, 1.82) is 10.5 Å². The number of nitrogens with zero attached hydrogens (tertiary/aromatic N) is 4. The molecular weight excluding hydrogens is 322 g/mol. The summed E-state index contributed by atoms with van der Waals surface area (Å²) in [5, 5.41) is 20.5. The minimum Gasteiger partial charge on any atom is -0.437 e. The van der Waals surface area contributed by atoms with Crippen LogP contribution >= 0.6 is 0 Å². The first-order chi connectivity index (χ1) is 12.1. The van der Waals surface area contributed by atoms with E-state index in [4.69, 9.17) is 20.0 Å². The molecule has 2 rings (SSSR count). The predicted molar refractivity (Wildman–Crippen MR) is 87.1 cm³/mol. The molecule has 0 bridgehead atoms. The molecule has 8 nitrogen and oxygen atoms in total. The zero-order valence-electron chi connectivity index (χ0n) is 13.7. The fourth-order valence-electron chi connectivity index (χ4n) is 1.94. The second-order valence-electron chi connectivity index (χ2n) is 4.86. The maximum atomic E-state index is 11.2. The van der Waals surface area contributed by atoms with E-state index in [0.29, 0.717) is 23.6 Å². The van der Waals surface area contributed by atoms with Crippen molar-refractivity contribution in [3.63, 3.8) is 0 Å². The van der Waals surface area contributed by atoms with Crippen molar-refractivity contribution in [2.24, 2.45) is 0 Å². The van der Waals surface area contributed by atoms with Crippen LogP contribution in [0.2, 0.25) is 0 Å². The van der Waals surface area contributed by atoms with Crippen molar-refractivity contribution in [2.45, 2.75) is 19.8 Å². The van der Waals surface area contributed by atoms with Crippen LogP contribution in [0, 0.1) is 22.7 Å². The molecule has 1 N–H and O–H groups in total. The van der Waals surface area contributed by atoms with Crippen molar-refractivity contribution < 1.29 is 14.3 Å². The van der Waals surface area contributed by atoms with Gasteiger partial charge in [0.15, 0.2) is 11.4 Å². The third-order valence-electron chi connectivity index (χ3n) is 3.08. The molecular formula is C17H15N5O3. The number of nitrogens with one attached hydrogen (secondary N) is 1. The van der Waals surface area contributed by atoms with E-state index >= 15 is 0 Å². The van der Waals surface area contributed by atoms with Gasteiger partial charge in [-0.2, -0.15) is 15.5 Å². The molecule has 0 unspecified atom stereocenters. The van der Waals surface area contributed by atoms with Crippen LogP contribution in [0.3, 0.4) is 0 Å². The minimum absolute atomic E-state index is 0.0207. The number of hydrogen-bond acceptors (Lipinski definition) is 7. The lowest BCUT2D eigenvalue weighted by Gasteiger charge is -2.10. The van der Waals surface area contributed by atoms with E-state index in [2.05, 4.69) is 15.3 Å². The Morgan fingerprint density at radius 1 is 1.12 bits per heavy atom. The summed E-state index contributed by atoms with van der Waals surface area (Å²) >= 11 is 0. The monoisotopic (exact) mass is 337 g/mol. The molecule has 0 fully saturated rings. The summed E-state index contributed by atoms with van der Waals surface area (Å²) in [5.74, 6) is 0.964. The average Bonchev–Trinajstić information content (AvgIpc) is 2.64. The fraction of sp³-hybridized carbons (Fsp3) is 0.235. The molecule has 0 aliphatic carbocycles. The van der Waals surface area contributed by atoms with Gasteiger partial charge in [0.2, 0.25) is 5.88 Å². The van der Waals surface area contributed by atoms with Crippen molar-refractivity contribution in [2.75, 3.05) is 7.05 Å². The summed E-state index contributed by atoms with van der Waals surface area (Å²) in [5.41, 5.74) is 0.397. The number of rotatable bonds is 5. The molecule has 0 saturated heterocycles. The Morgan fingerprint density at radius 3 is 2.28 bits per heavy atom. The quantitative estimate of drug-likeness (QED) is 0.890. The van der Waals surface area contributed by atoms with Crippen molar-refractivity contribution in [3.8, 4) is 29.5 Å². The van der Waals surface area contributed by atoms with E-state index in [-0.39, 0.29) is 17.3 Å². The molecule has 25 heavy (non-hydrogen) atoms. The van der Waals surface area contributed by atoms with E-state index in [9.17, 15) is 4.79 Å². The van der Waals surface area contributed by atoms with Gasteiger partial charge in [0.25, 0.3) is 0 Å². The van der Waals surface area contributed by atoms with Crippen LogP contribution in [0.4, 0.5) is 4.79 Å². The largest absolute Gasteiger partial charge is 0.437 e. The third kappa shape index (κ3) is 4.43. The van der Waals surface area contributed by atoms with Gasteiger partial charge in [-0.3, -0.25) is 0 Å². The first kappa shape index (κ1) is 17.7. The van der Waals surface area contributed by atoms with Crippen LogP contribution in [-0.2, 0) is 6.42 Å². The fourth-order valence-corrected chi connectivity index (χ4v) is 1.94. The van der Waals surface area contributed by atoms with Crippen LogP contribution in [0.5, 0.6) is 17.4 Å². The van der Waals surface area contributed by atoms with Crippen molar-refractivity contribution >= 4 is 6.09 Å². The molecule has 0 aliphatic rings. The molecule has 0 spiro atoms. The molecule has 0 aliphatic heterocycles. The lowest BCUT2D eigenvalue weighted by molar-refractivity contribution is 0.203. The summed E-state index contributed by atoms with van der Waals surface area (Å²) < 4.78 is 10.7. The highest BCUT2D eigenvalue weighted by Gasteiger charge is 2.15. The summed E-state index contributed by atoms with van der Waals surface area (Å²) in [6.45, 7) is 1.96. The van der Waals surface area contributed by atoms with Gasteiger partial charge in [0.05, 0.1) is 0 Å². The maximum absolute atomic E-state index is 11.2. The summed E-state index contributed by atoms with van der Waals surface area (Å²) in [4.78, 5) is 19.4. The van der Waals surface area contributed by atoms with Gasteiger partial charge in [-0.25, -0.2) is 9.78 Å². The average molecular weight is 337 g/mol. The predicted octanol–water partition coefficient (Wildman–Crippen LogP) is 2.68. The van der Waals surface area contributed by atoms with E-state index < -0.39 is 6.09 Å². The smallest absolute Gasteiger partial charge is 0.412 e. The van der Waals surface area contributed by atoms with Gasteiger partial charge < -0.3 is 14.8 Å². The van der Waals surface area contributed by atoms with Crippen LogP contribution < -0.4 is 14.8 Å². The topological polar surface area (TPSA) is 121 Å². The van der Waals surface area contributed by atoms with E-state index in [1.165, 1.54) is 7.05 Å². The molecule has 8 heteroatoms. The number of aryl methyl sites for hydroxylation is 1. The second kappa shape index (κ2) is 8.27. The van der Waals surface area contributed by atoms with Gasteiger partial charge in [-0.15, -0.1) is 0 Å². The Labute approximate surface area is 144 Å². The Kier molecular flexibility index (Phi) is 5.86. The number of benzene rings is 1. The highest BCUT2D eigenvalue weighted by molar-refractivity contribution is 5.69. The molecule has 1 heterocycles. The number of amides is 1. The lowest BCUT2D eigenvalue weighted by Crippen LogP contribution is -2.21. The van der Waals surface area contributed by atoms with Crippen molar-refractivity contribution in [1.82, 2.24) is 15.3 Å². The zero-order valence-corrected chi connectivity index (χ0v) is 13.7. The standard InChI is InChI=1S/C17H15N5O3/c1-3-4-13-16(22-15(10-19)14(9-18)21-13)24-11-5-7-12(8-6-11)25-17(23)20-2/h5-8H,3-4H2,1-2H3,(H,20,23). The van der Waals surface area contributed by atoms with Crippen LogP contribution in [0.25, 0.3) is 0 Å². The van der Waals surface area contributed by atoms with Crippen LogP contribution in [0.1, 0.15) is 30.4 Å². The number of ether oxygens (including phenoxy) is 2. The Hall–Kier alpha value is -3.65. The number of nitriles is 2. The molecule has 1 aromatic heterocycles. The lowest BCUT2D eigenvalue weighted by atomic mass is 10.2. The Balaban J connectivity index is 2.28. The summed E-state index contributed by atoms with van der Waals surface area (Å²) in [7, 11) is 1.46. The number of hydrogen-bond donors (Lipinski definition) is 1. The molecule has 2 aromatic rings.